The molecule has 0 aliphatic rings. The lowest BCUT2D eigenvalue weighted by Crippen LogP contribution is -1.85. The first-order valence-corrected chi connectivity index (χ1v) is 3.79. The quantitative estimate of drug-likeness (QED) is 0.736. The van der Waals surface area contributed by atoms with Crippen LogP contribution in [0.1, 0.15) is 5.56 Å². The number of rotatable bonds is 3. The summed E-state index contributed by atoms with van der Waals surface area (Å²) in [6.07, 6.45) is 3.51. The first-order chi connectivity index (χ1) is 5.88. The molecular formula is C10H12O2. The Balaban J connectivity index is 2.89. The van der Waals surface area contributed by atoms with Gasteiger partial charge in [-0.1, -0.05) is 30.4 Å². The molecule has 0 saturated carbocycles. The monoisotopic (exact) mass is 164 g/mol. The third-order valence-electron chi connectivity index (χ3n) is 1.54. The molecule has 0 atom stereocenters. The minimum Gasteiger partial charge on any atom is -0.496 e. The number of aliphatic hydroxyl groups excluding tert-OH is 1. The maximum Gasteiger partial charge on any atom is 0.126 e. The van der Waals surface area contributed by atoms with E-state index < -0.39 is 0 Å². The van der Waals surface area contributed by atoms with E-state index in [2.05, 4.69) is 0 Å². The smallest absolute Gasteiger partial charge is 0.126 e. The lowest BCUT2D eigenvalue weighted by molar-refractivity contribution is 0.343. The largest absolute Gasteiger partial charge is 0.496 e. The van der Waals surface area contributed by atoms with Crippen LogP contribution in [0.5, 0.6) is 5.75 Å². The molecule has 0 aliphatic heterocycles. The van der Waals surface area contributed by atoms with E-state index >= 15 is 0 Å². The summed E-state index contributed by atoms with van der Waals surface area (Å²) in [5.74, 6) is 0.821. The molecule has 1 aromatic rings. The molecule has 0 spiro atoms. The van der Waals surface area contributed by atoms with Crippen LogP contribution in [0.2, 0.25) is 0 Å². The highest BCUT2D eigenvalue weighted by molar-refractivity contribution is 5.56. The summed E-state index contributed by atoms with van der Waals surface area (Å²) in [5.41, 5.74) is 0.981. The van der Waals surface area contributed by atoms with E-state index in [-0.39, 0.29) is 6.61 Å². The normalized spacial score (nSPS) is 10.5. The third-order valence-corrected chi connectivity index (χ3v) is 1.54. The van der Waals surface area contributed by atoms with E-state index in [4.69, 9.17) is 9.84 Å². The van der Waals surface area contributed by atoms with Crippen molar-refractivity contribution in [2.45, 2.75) is 0 Å². The number of methoxy groups -OCH3 is 1. The maximum atomic E-state index is 8.56. The summed E-state index contributed by atoms with van der Waals surface area (Å²) in [6.45, 7) is 0.0536. The number of para-hydroxylation sites is 1. The zero-order valence-electron chi connectivity index (χ0n) is 7.03. The van der Waals surface area contributed by atoms with Crippen molar-refractivity contribution in [1.29, 1.82) is 0 Å². The molecule has 0 amide bonds. The Hall–Kier alpha value is -1.28. The highest BCUT2D eigenvalue weighted by atomic mass is 16.5. The molecule has 0 fully saturated rings. The Morgan fingerprint density at radius 1 is 1.42 bits per heavy atom. The molecule has 0 aliphatic carbocycles. The van der Waals surface area contributed by atoms with Crippen LogP contribution in [0.15, 0.2) is 30.3 Å². The van der Waals surface area contributed by atoms with Gasteiger partial charge in [0.25, 0.3) is 0 Å². The Morgan fingerprint density at radius 3 is 2.83 bits per heavy atom. The van der Waals surface area contributed by atoms with Crippen LogP contribution in [0, 0.1) is 0 Å². The van der Waals surface area contributed by atoms with Gasteiger partial charge < -0.3 is 9.84 Å². The Labute approximate surface area is 72.1 Å². The van der Waals surface area contributed by atoms with Gasteiger partial charge in [0.1, 0.15) is 5.75 Å². The van der Waals surface area contributed by atoms with E-state index in [1.165, 1.54) is 0 Å². The Morgan fingerprint density at radius 2 is 2.17 bits per heavy atom. The SMILES string of the molecule is COc1ccccc1/C=C\CO. The van der Waals surface area contributed by atoms with E-state index in [1.54, 1.807) is 13.2 Å². The molecule has 0 radical (unpaired) electrons. The minimum atomic E-state index is 0.0536. The fourth-order valence-electron chi connectivity index (χ4n) is 0.984. The lowest BCUT2D eigenvalue weighted by Gasteiger charge is -2.02. The molecule has 0 unspecified atom stereocenters. The van der Waals surface area contributed by atoms with Gasteiger partial charge in [-0.25, -0.2) is 0 Å². The minimum absolute atomic E-state index is 0.0536. The van der Waals surface area contributed by atoms with Crippen LogP contribution in [0.3, 0.4) is 0 Å². The van der Waals surface area contributed by atoms with Crippen molar-refractivity contribution < 1.29 is 9.84 Å². The second-order valence-corrected chi connectivity index (χ2v) is 2.33. The summed E-state index contributed by atoms with van der Waals surface area (Å²) >= 11 is 0. The number of benzene rings is 1. The highest BCUT2D eigenvalue weighted by Gasteiger charge is 1.94. The van der Waals surface area contributed by atoms with Crippen molar-refractivity contribution >= 4 is 6.08 Å². The van der Waals surface area contributed by atoms with Crippen LogP contribution in [0.25, 0.3) is 6.08 Å². The van der Waals surface area contributed by atoms with Crippen molar-refractivity contribution in [1.82, 2.24) is 0 Å². The zero-order valence-corrected chi connectivity index (χ0v) is 7.03. The third kappa shape index (κ3) is 2.10. The fraction of sp³-hybridized carbons (Fsp3) is 0.200. The predicted octanol–water partition coefficient (Wildman–Crippen LogP) is 1.70. The molecule has 2 heteroatoms. The van der Waals surface area contributed by atoms with Crippen molar-refractivity contribution in [2.75, 3.05) is 13.7 Å². The summed E-state index contributed by atoms with van der Waals surface area (Å²) in [6, 6.07) is 7.66. The van der Waals surface area contributed by atoms with Gasteiger partial charge in [0.05, 0.1) is 13.7 Å². The molecule has 0 bridgehead atoms. The van der Waals surface area contributed by atoms with Gasteiger partial charge in [0.15, 0.2) is 0 Å². The van der Waals surface area contributed by atoms with Crippen molar-refractivity contribution in [3.8, 4) is 5.75 Å². The van der Waals surface area contributed by atoms with Crippen molar-refractivity contribution in [3.63, 3.8) is 0 Å². The fourth-order valence-corrected chi connectivity index (χ4v) is 0.984. The number of hydrogen-bond donors (Lipinski definition) is 1. The first-order valence-electron chi connectivity index (χ1n) is 3.79. The number of aliphatic hydroxyl groups is 1. The molecule has 1 N–H and O–H groups in total. The standard InChI is InChI=1S/C10H12O2/c1-12-10-7-3-2-5-9(10)6-4-8-11/h2-7,11H,8H2,1H3/b6-4-. The molecule has 0 aromatic heterocycles. The Bertz CT molecular complexity index is 266. The summed E-state index contributed by atoms with van der Waals surface area (Å²) in [5, 5.41) is 8.56. The topological polar surface area (TPSA) is 29.5 Å². The molecule has 1 rings (SSSR count). The predicted molar refractivity (Wildman–Crippen MR) is 49.1 cm³/mol. The average molecular weight is 164 g/mol. The van der Waals surface area contributed by atoms with Crippen LogP contribution in [-0.2, 0) is 0 Å². The van der Waals surface area contributed by atoms with E-state index in [0.29, 0.717) is 0 Å². The number of hydrogen-bond acceptors (Lipinski definition) is 2. The molecular weight excluding hydrogens is 152 g/mol. The van der Waals surface area contributed by atoms with Crippen LogP contribution < -0.4 is 4.74 Å². The van der Waals surface area contributed by atoms with E-state index in [1.807, 2.05) is 30.3 Å². The zero-order chi connectivity index (χ0) is 8.81. The van der Waals surface area contributed by atoms with Crippen LogP contribution in [-0.4, -0.2) is 18.8 Å². The van der Waals surface area contributed by atoms with Gasteiger partial charge in [0, 0.05) is 5.56 Å². The average Bonchev–Trinajstić information content (AvgIpc) is 2.15. The Kier molecular flexibility index (Phi) is 3.35. The maximum absolute atomic E-state index is 8.56. The van der Waals surface area contributed by atoms with Gasteiger partial charge in [0.2, 0.25) is 0 Å². The molecule has 2 nitrogen and oxygen atoms in total. The van der Waals surface area contributed by atoms with Crippen LogP contribution in [0.4, 0.5) is 0 Å². The van der Waals surface area contributed by atoms with Gasteiger partial charge in [-0.2, -0.15) is 0 Å². The lowest BCUT2D eigenvalue weighted by atomic mass is 10.2. The van der Waals surface area contributed by atoms with E-state index in [0.717, 1.165) is 11.3 Å². The van der Waals surface area contributed by atoms with Crippen LogP contribution >= 0.6 is 0 Å². The molecule has 12 heavy (non-hydrogen) atoms. The summed E-state index contributed by atoms with van der Waals surface area (Å²) in [4.78, 5) is 0. The van der Waals surface area contributed by atoms with Gasteiger partial charge in [-0.15, -0.1) is 0 Å². The summed E-state index contributed by atoms with van der Waals surface area (Å²) in [7, 11) is 1.63. The van der Waals surface area contributed by atoms with Gasteiger partial charge >= 0.3 is 0 Å². The van der Waals surface area contributed by atoms with Gasteiger partial charge in [-0.05, 0) is 6.07 Å². The summed E-state index contributed by atoms with van der Waals surface area (Å²) < 4.78 is 5.11. The first kappa shape index (κ1) is 8.81. The van der Waals surface area contributed by atoms with E-state index in [9.17, 15) is 0 Å². The highest BCUT2D eigenvalue weighted by Crippen LogP contribution is 2.18. The molecule has 0 heterocycles. The van der Waals surface area contributed by atoms with Gasteiger partial charge in [-0.3, -0.25) is 0 Å². The molecule has 1 aromatic carbocycles. The van der Waals surface area contributed by atoms with Crippen molar-refractivity contribution in [2.24, 2.45) is 0 Å². The van der Waals surface area contributed by atoms with Crippen molar-refractivity contribution in [3.05, 3.63) is 35.9 Å². The molecule has 64 valence electrons. The molecule has 0 saturated heterocycles. The number of ether oxygens (including phenoxy) is 1. The second-order valence-electron chi connectivity index (χ2n) is 2.33. The second kappa shape index (κ2) is 4.57.